The SMILES string of the molecule is C=CC(=O)Nc1cccc(CNc2cc(N3CCCC[C@H]3CCO)nc(C(=CN)CC)n2)c1. The second-order valence-electron chi connectivity index (χ2n) is 8.08. The second-order valence-corrected chi connectivity index (χ2v) is 8.08. The zero-order chi connectivity index (χ0) is 23.6. The Morgan fingerprint density at radius 1 is 1.33 bits per heavy atom. The predicted molar refractivity (Wildman–Crippen MR) is 134 cm³/mol. The first kappa shape index (κ1) is 24.3. The first-order chi connectivity index (χ1) is 16.1. The quantitative estimate of drug-likeness (QED) is 0.408. The molecule has 8 heteroatoms. The number of rotatable bonds is 10. The minimum atomic E-state index is -0.246. The van der Waals surface area contributed by atoms with Crippen LogP contribution in [0.2, 0.25) is 0 Å². The van der Waals surface area contributed by atoms with Gasteiger partial charge in [0, 0.05) is 49.3 Å². The lowest BCUT2D eigenvalue weighted by atomic mass is 9.99. The van der Waals surface area contributed by atoms with E-state index in [2.05, 4.69) is 22.1 Å². The van der Waals surface area contributed by atoms with Crippen molar-refractivity contribution in [3.8, 4) is 0 Å². The number of nitrogens with one attached hydrogen (secondary N) is 2. The Hall–Kier alpha value is -3.39. The van der Waals surface area contributed by atoms with Crippen LogP contribution in [0.25, 0.3) is 5.57 Å². The van der Waals surface area contributed by atoms with Crippen LogP contribution in [0.1, 0.15) is 50.4 Å². The van der Waals surface area contributed by atoms with Crippen LogP contribution >= 0.6 is 0 Å². The molecule has 1 saturated heterocycles. The summed E-state index contributed by atoms with van der Waals surface area (Å²) in [5.41, 5.74) is 8.44. The summed E-state index contributed by atoms with van der Waals surface area (Å²) in [6, 6.07) is 9.85. The number of piperidine rings is 1. The molecule has 0 spiro atoms. The average molecular weight is 451 g/mol. The number of anilines is 3. The van der Waals surface area contributed by atoms with Crippen molar-refractivity contribution in [2.75, 3.05) is 28.7 Å². The van der Waals surface area contributed by atoms with Gasteiger partial charge in [-0.3, -0.25) is 4.79 Å². The average Bonchev–Trinajstić information content (AvgIpc) is 2.84. The lowest BCUT2D eigenvalue weighted by Crippen LogP contribution is -2.40. The van der Waals surface area contributed by atoms with E-state index in [9.17, 15) is 9.90 Å². The maximum absolute atomic E-state index is 11.6. The van der Waals surface area contributed by atoms with Gasteiger partial charge in [-0.05, 0) is 55.9 Å². The molecule has 1 aliphatic heterocycles. The lowest BCUT2D eigenvalue weighted by molar-refractivity contribution is -0.111. The molecule has 0 radical (unpaired) electrons. The van der Waals surface area contributed by atoms with E-state index in [1.54, 1.807) is 6.20 Å². The number of amides is 1. The number of aliphatic hydroxyl groups is 1. The number of carbonyl (C=O) groups is 1. The number of aliphatic hydroxyl groups excluding tert-OH is 1. The van der Waals surface area contributed by atoms with Crippen LogP contribution in [-0.2, 0) is 11.3 Å². The van der Waals surface area contributed by atoms with Gasteiger partial charge in [0.1, 0.15) is 11.6 Å². The molecule has 2 heterocycles. The molecule has 0 unspecified atom stereocenters. The molecule has 8 nitrogen and oxygen atoms in total. The first-order valence-electron chi connectivity index (χ1n) is 11.5. The summed E-state index contributed by atoms with van der Waals surface area (Å²) in [4.78, 5) is 23.4. The molecule has 2 aromatic rings. The van der Waals surface area contributed by atoms with Gasteiger partial charge in [-0.1, -0.05) is 25.6 Å². The molecule has 1 fully saturated rings. The third-order valence-electron chi connectivity index (χ3n) is 5.82. The Morgan fingerprint density at radius 3 is 2.91 bits per heavy atom. The number of aromatic nitrogens is 2. The molecule has 176 valence electrons. The minimum Gasteiger partial charge on any atom is -0.404 e. The first-order valence-corrected chi connectivity index (χ1v) is 11.5. The second kappa shape index (κ2) is 12.0. The van der Waals surface area contributed by atoms with E-state index in [1.807, 2.05) is 37.3 Å². The number of allylic oxidation sites excluding steroid dienone is 1. The fourth-order valence-electron chi connectivity index (χ4n) is 4.06. The summed E-state index contributed by atoms with van der Waals surface area (Å²) in [7, 11) is 0. The molecular weight excluding hydrogens is 416 g/mol. The lowest BCUT2D eigenvalue weighted by Gasteiger charge is -2.36. The maximum Gasteiger partial charge on any atom is 0.247 e. The van der Waals surface area contributed by atoms with Gasteiger partial charge in [0.05, 0.1) is 0 Å². The molecule has 0 saturated carbocycles. The summed E-state index contributed by atoms with van der Waals surface area (Å²) < 4.78 is 0. The van der Waals surface area contributed by atoms with Crippen molar-refractivity contribution in [1.82, 2.24) is 9.97 Å². The third kappa shape index (κ3) is 6.55. The van der Waals surface area contributed by atoms with Crippen molar-refractivity contribution in [2.24, 2.45) is 5.73 Å². The summed E-state index contributed by atoms with van der Waals surface area (Å²) in [5, 5.41) is 15.7. The summed E-state index contributed by atoms with van der Waals surface area (Å²) in [6.45, 7) is 7.10. The number of nitrogens with two attached hydrogens (primary N) is 1. The highest BCUT2D eigenvalue weighted by atomic mass is 16.3. The standard InChI is InChI=1S/C25H34N6O2/c1-3-19(16-26)25-29-22(15-23(30-25)31-12-6-5-10-21(31)11-13-32)27-17-18-8-7-9-20(14-18)28-24(33)4-2/h4,7-9,14-16,21,32H,2-3,5-6,10-13,17,26H2,1H3,(H,28,33)(H,27,29,30)/t21-/m0/s1. The van der Waals surface area contributed by atoms with Crippen molar-refractivity contribution >= 4 is 28.8 Å². The molecule has 1 aromatic carbocycles. The number of benzene rings is 1. The highest BCUT2D eigenvalue weighted by Crippen LogP contribution is 2.28. The van der Waals surface area contributed by atoms with Gasteiger partial charge in [0.25, 0.3) is 0 Å². The molecule has 1 aromatic heterocycles. The molecule has 1 aliphatic rings. The van der Waals surface area contributed by atoms with E-state index in [1.165, 1.54) is 6.08 Å². The van der Waals surface area contributed by atoms with Crippen molar-refractivity contribution in [2.45, 2.75) is 51.6 Å². The Balaban J connectivity index is 1.86. The van der Waals surface area contributed by atoms with E-state index in [0.717, 1.165) is 55.6 Å². The number of nitrogens with zero attached hydrogens (tertiary/aromatic N) is 3. The molecular formula is C25H34N6O2. The van der Waals surface area contributed by atoms with Crippen LogP contribution in [0.3, 0.4) is 0 Å². The molecule has 1 atom stereocenters. The maximum atomic E-state index is 11.6. The molecule has 5 N–H and O–H groups in total. The molecule has 33 heavy (non-hydrogen) atoms. The van der Waals surface area contributed by atoms with Gasteiger partial charge in [0.15, 0.2) is 5.82 Å². The van der Waals surface area contributed by atoms with E-state index < -0.39 is 0 Å². The van der Waals surface area contributed by atoms with Crippen molar-refractivity contribution in [1.29, 1.82) is 0 Å². The zero-order valence-corrected chi connectivity index (χ0v) is 19.3. The van der Waals surface area contributed by atoms with Gasteiger partial charge in [-0.15, -0.1) is 0 Å². The van der Waals surface area contributed by atoms with Crippen LogP contribution in [0, 0.1) is 0 Å². The summed E-state index contributed by atoms with van der Waals surface area (Å²) >= 11 is 0. The zero-order valence-electron chi connectivity index (χ0n) is 19.3. The third-order valence-corrected chi connectivity index (χ3v) is 5.82. The fourth-order valence-corrected chi connectivity index (χ4v) is 4.06. The van der Waals surface area contributed by atoms with E-state index in [-0.39, 0.29) is 18.6 Å². The Kier molecular flexibility index (Phi) is 8.83. The van der Waals surface area contributed by atoms with Gasteiger partial charge < -0.3 is 26.4 Å². The summed E-state index contributed by atoms with van der Waals surface area (Å²) in [5.74, 6) is 1.92. The van der Waals surface area contributed by atoms with Crippen LogP contribution < -0.4 is 21.3 Å². The Labute approximate surface area is 195 Å². The highest BCUT2D eigenvalue weighted by molar-refractivity contribution is 5.98. The van der Waals surface area contributed by atoms with Crippen molar-refractivity contribution < 1.29 is 9.90 Å². The largest absolute Gasteiger partial charge is 0.404 e. The van der Waals surface area contributed by atoms with Crippen LogP contribution in [0.15, 0.2) is 49.2 Å². The minimum absolute atomic E-state index is 0.159. The topological polar surface area (TPSA) is 116 Å². The van der Waals surface area contributed by atoms with Crippen LogP contribution in [0.5, 0.6) is 0 Å². The molecule has 3 rings (SSSR count). The van der Waals surface area contributed by atoms with Gasteiger partial charge >= 0.3 is 0 Å². The Bertz CT molecular complexity index is 989. The van der Waals surface area contributed by atoms with E-state index in [0.29, 0.717) is 23.9 Å². The van der Waals surface area contributed by atoms with Crippen molar-refractivity contribution in [3.05, 3.63) is 60.6 Å². The monoisotopic (exact) mass is 450 g/mol. The molecule has 0 bridgehead atoms. The Morgan fingerprint density at radius 2 is 2.18 bits per heavy atom. The van der Waals surface area contributed by atoms with E-state index in [4.69, 9.17) is 15.7 Å². The van der Waals surface area contributed by atoms with Crippen LogP contribution in [0.4, 0.5) is 17.3 Å². The number of hydrogen-bond acceptors (Lipinski definition) is 7. The molecule has 0 aliphatic carbocycles. The smallest absolute Gasteiger partial charge is 0.247 e. The predicted octanol–water partition coefficient (Wildman–Crippen LogP) is 3.66. The normalized spacial score (nSPS) is 16.4. The van der Waals surface area contributed by atoms with Crippen molar-refractivity contribution in [3.63, 3.8) is 0 Å². The summed E-state index contributed by atoms with van der Waals surface area (Å²) in [6.07, 6.45) is 7.56. The fraction of sp³-hybridized carbons (Fsp3) is 0.400. The van der Waals surface area contributed by atoms with Crippen LogP contribution in [-0.4, -0.2) is 40.2 Å². The number of hydrogen-bond donors (Lipinski definition) is 4. The molecule has 1 amide bonds. The number of carbonyl (C=O) groups excluding carboxylic acids is 1. The van der Waals surface area contributed by atoms with Gasteiger partial charge in [-0.25, -0.2) is 9.97 Å². The van der Waals surface area contributed by atoms with Gasteiger partial charge in [-0.2, -0.15) is 0 Å². The highest BCUT2D eigenvalue weighted by Gasteiger charge is 2.24. The van der Waals surface area contributed by atoms with E-state index >= 15 is 0 Å². The van der Waals surface area contributed by atoms with Gasteiger partial charge in [0.2, 0.25) is 5.91 Å².